The molecule has 8 heteroatoms. The van der Waals surface area contributed by atoms with Gasteiger partial charge < -0.3 is 10.1 Å². The van der Waals surface area contributed by atoms with Crippen molar-refractivity contribution >= 4 is 33.2 Å². The molecular weight excluding hydrogens is 400 g/mol. The molecule has 0 aromatic heterocycles. The molecule has 0 saturated carbocycles. The highest BCUT2D eigenvalue weighted by Crippen LogP contribution is 2.39. The summed E-state index contributed by atoms with van der Waals surface area (Å²) in [6.45, 7) is 3.58. The summed E-state index contributed by atoms with van der Waals surface area (Å²) in [7, 11) is -3.66. The van der Waals surface area contributed by atoms with E-state index >= 15 is 0 Å². The van der Waals surface area contributed by atoms with Crippen LogP contribution in [0.2, 0.25) is 5.02 Å². The minimum atomic E-state index is -3.66. The van der Waals surface area contributed by atoms with Gasteiger partial charge in [0.15, 0.2) is 0 Å². The predicted molar refractivity (Wildman–Crippen MR) is 110 cm³/mol. The Morgan fingerprint density at radius 3 is 2.64 bits per heavy atom. The molecule has 1 N–H and O–H groups in total. The average Bonchev–Trinajstić information content (AvgIpc) is 2.57. The number of hydrogen-bond donors (Lipinski definition) is 1. The van der Waals surface area contributed by atoms with Crippen LogP contribution in [0.25, 0.3) is 0 Å². The molecular formula is C20H23ClN2O4S. The first-order valence-corrected chi connectivity index (χ1v) is 11.1. The summed E-state index contributed by atoms with van der Waals surface area (Å²) in [4.78, 5) is 12.8. The quantitative estimate of drug-likeness (QED) is 0.799. The molecule has 28 heavy (non-hydrogen) atoms. The molecule has 0 saturated heterocycles. The van der Waals surface area contributed by atoms with Gasteiger partial charge in [0.25, 0.3) is 0 Å². The van der Waals surface area contributed by atoms with Crippen LogP contribution in [0.3, 0.4) is 0 Å². The smallest absolute Gasteiger partial charge is 0.241 e. The maximum absolute atomic E-state index is 12.8. The predicted octanol–water partition coefficient (Wildman–Crippen LogP) is 3.52. The first kappa shape index (κ1) is 20.5. The number of fused-ring (bicyclic) bond motifs is 1. The number of rotatable bonds is 5. The third kappa shape index (κ3) is 4.77. The van der Waals surface area contributed by atoms with Gasteiger partial charge in [-0.2, -0.15) is 0 Å². The van der Waals surface area contributed by atoms with Crippen molar-refractivity contribution in [3.63, 3.8) is 0 Å². The molecule has 0 spiro atoms. The Hall–Kier alpha value is -2.25. The standard InChI is InChI=1S/C20H23ClN2O4S/c1-20(2)12-17(16-9-4-5-10-18(16)27-20)22-19(24)13-23(28(3,25)26)15-8-6-7-14(21)11-15/h4-11,17H,12-13H2,1-3H3,(H,22,24)/t17-/m0/s1. The van der Waals surface area contributed by atoms with Crippen molar-refractivity contribution in [3.05, 3.63) is 59.1 Å². The number of nitrogens with one attached hydrogen (secondary N) is 1. The van der Waals surface area contributed by atoms with Crippen LogP contribution in [-0.2, 0) is 14.8 Å². The van der Waals surface area contributed by atoms with E-state index in [1.165, 1.54) is 6.07 Å². The number of nitrogens with zero attached hydrogens (tertiary/aromatic N) is 1. The SMILES string of the molecule is CC1(C)C[C@H](NC(=O)CN(c2cccc(Cl)c2)S(C)(=O)=O)c2ccccc2O1. The topological polar surface area (TPSA) is 75.7 Å². The summed E-state index contributed by atoms with van der Waals surface area (Å²) in [5.41, 5.74) is 0.775. The van der Waals surface area contributed by atoms with Gasteiger partial charge in [0, 0.05) is 17.0 Å². The summed E-state index contributed by atoms with van der Waals surface area (Å²) in [6, 6.07) is 13.7. The van der Waals surface area contributed by atoms with Gasteiger partial charge in [-0.3, -0.25) is 9.10 Å². The highest BCUT2D eigenvalue weighted by molar-refractivity contribution is 7.92. The van der Waals surface area contributed by atoms with Crippen LogP contribution in [0.5, 0.6) is 5.75 Å². The van der Waals surface area contributed by atoms with Crippen molar-refractivity contribution in [2.24, 2.45) is 0 Å². The number of anilines is 1. The second-order valence-corrected chi connectivity index (χ2v) is 9.82. The first-order chi connectivity index (χ1) is 13.0. The zero-order valence-electron chi connectivity index (χ0n) is 16.0. The van der Waals surface area contributed by atoms with E-state index in [9.17, 15) is 13.2 Å². The van der Waals surface area contributed by atoms with Crippen molar-refractivity contribution < 1.29 is 17.9 Å². The maximum atomic E-state index is 12.8. The molecule has 1 atom stereocenters. The summed E-state index contributed by atoms with van der Waals surface area (Å²) in [6.07, 6.45) is 1.64. The second-order valence-electron chi connectivity index (χ2n) is 7.47. The number of carbonyl (C=O) groups excluding carboxylic acids is 1. The van der Waals surface area contributed by atoms with Gasteiger partial charge in [0.2, 0.25) is 15.9 Å². The van der Waals surface area contributed by atoms with Crippen molar-refractivity contribution in [2.45, 2.75) is 31.9 Å². The molecule has 1 amide bonds. The van der Waals surface area contributed by atoms with Crippen molar-refractivity contribution in [1.29, 1.82) is 0 Å². The van der Waals surface area contributed by atoms with Crippen LogP contribution in [-0.4, -0.2) is 32.7 Å². The van der Waals surface area contributed by atoms with Crippen LogP contribution in [0, 0.1) is 0 Å². The molecule has 1 heterocycles. The molecule has 1 aliphatic rings. The Balaban J connectivity index is 1.82. The molecule has 150 valence electrons. The number of ether oxygens (including phenoxy) is 1. The monoisotopic (exact) mass is 422 g/mol. The number of benzene rings is 2. The van der Waals surface area contributed by atoms with Crippen molar-refractivity contribution in [1.82, 2.24) is 5.32 Å². The van der Waals surface area contributed by atoms with E-state index in [0.29, 0.717) is 17.1 Å². The lowest BCUT2D eigenvalue weighted by Gasteiger charge is -2.38. The minimum Gasteiger partial charge on any atom is -0.487 e. The number of hydrogen-bond acceptors (Lipinski definition) is 4. The van der Waals surface area contributed by atoms with Crippen LogP contribution in [0.15, 0.2) is 48.5 Å². The van der Waals surface area contributed by atoms with Gasteiger partial charge in [-0.05, 0) is 38.1 Å². The largest absolute Gasteiger partial charge is 0.487 e. The van der Waals surface area contributed by atoms with Gasteiger partial charge in [0.05, 0.1) is 18.0 Å². The van der Waals surface area contributed by atoms with Gasteiger partial charge in [-0.1, -0.05) is 35.9 Å². The molecule has 1 aliphatic heterocycles. The van der Waals surface area contributed by atoms with Crippen LogP contribution in [0.1, 0.15) is 31.9 Å². The summed E-state index contributed by atoms with van der Waals surface area (Å²) in [5, 5.41) is 3.35. The number of amides is 1. The van der Waals surface area contributed by atoms with E-state index in [1.54, 1.807) is 18.2 Å². The molecule has 2 aromatic rings. The summed E-state index contributed by atoms with van der Waals surface area (Å²) in [5.74, 6) is 0.321. The fourth-order valence-electron chi connectivity index (χ4n) is 3.33. The molecule has 0 unspecified atom stereocenters. The lowest BCUT2D eigenvalue weighted by molar-refractivity contribution is -0.120. The molecule has 0 bridgehead atoms. The highest BCUT2D eigenvalue weighted by atomic mass is 35.5. The highest BCUT2D eigenvalue weighted by Gasteiger charge is 2.34. The molecule has 0 aliphatic carbocycles. The zero-order chi connectivity index (χ0) is 20.5. The van der Waals surface area contributed by atoms with E-state index in [4.69, 9.17) is 16.3 Å². The third-order valence-electron chi connectivity index (χ3n) is 4.50. The Labute approximate surface area is 170 Å². The summed E-state index contributed by atoms with van der Waals surface area (Å²) >= 11 is 5.98. The van der Waals surface area contributed by atoms with Crippen molar-refractivity contribution in [2.75, 3.05) is 17.1 Å². The third-order valence-corrected chi connectivity index (χ3v) is 5.87. The Morgan fingerprint density at radius 1 is 1.25 bits per heavy atom. The Bertz CT molecular complexity index is 991. The van der Waals surface area contributed by atoms with Crippen molar-refractivity contribution in [3.8, 4) is 5.75 Å². The second kappa shape index (κ2) is 7.64. The number of sulfonamides is 1. The fourth-order valence-corrected chi connectivity index (χ4v) is 4.37. The summed E-state index contributed by atoms with van der Waals surface area (Å²) < 4.78 is 31.5. The van der Waals surface area contributed by atoms with E-state index in [1.807, 2.05) is 38.1 Å². The first-order valence-electron chi connectivity index (χ1n) is 8.86. The van der Waals surface area contributed by atoms with Crippen LogP contribution in [0.4, 0.5) is 5.69 Å². The lowest BCUT2D eigenvalue weighted by Crippen LogP contribution is -2.45. The number of halogens is 1. The van der Waals surface area contributed by atoms with E-state index in [2.05, 4.69) is 5.32 Å². The van der Waals surface area contributed by atoms with Gasteiger partial charge in [-0.15, -0.1) is 0 Å². The molecule has 2 aromatic carbocycles. The van der Waals surface area contributed by atoms with Crippen LogP contribution < -0.4 is 14.4 Å². The van der Waals surface area contributed by atoms with E-state index in [0.717, 1.165) is 21.9 Å². The average molecular weight is 423 g/mol. The number of para-hydroxylation sites is 1. The van der Waals surface area contributed by atoms with E-state index < -0.39 is 21.5 Å². The molecule has 3 rings (SSSR count). The molecule has 0 radical (unpaired) electrons. The van der Waals surface area contributed by atoms with Gasteiger partial charge in [-0.25, -0.2) is 8.42 Å². The normalized spacial score (nSPS) is 17.9. The van der Waals surface area contributed by atoms with Gasteiger partial charge in [0.1, 0.15) is 17.9 Å². The Morgan fingerprint density at radius 2 is 1.96 bits per heavy atom. The van der Waals surface area contributed by atoms with Crippen LogP contribution >= 0.6 is 11.6 Å². The molecule has 0 fully saturated rings. The Kier molecular flexibility index (Phi) is 5.59. The van der Waals surface area contributed by atoms with E-state index in [-0.39, 0.29) is 12.6 Å². The minimum absolute atomic E-state index is 0.270. The fraction of sp³-hybridized carbons (Fsp3) is 0.350. The van der Waals surface area contributed by atoms with Gasteiger partial charge >= 0.3 is 0 Å². The number of carbonyl (C=O) groups is 1. The molecule has 6 nitrogen and oxygen atoms in total. The zero-order valence-corrected chi connectivity index (χ0v) is 17.5. The maximum Gasteiger partial charge on any atom is 0.241 e. The lowest BCUT2D eigenvalue weighted by atomic mass is 9.89.